The van der Waals surface area contributed by atoms with Gasteiger partial charge in [-0.3, -0.25) is 0 Å². The molecule has 0 radical (unpaired) electrons. The summed E-state index contributed by atoms with van der Waals surface area (Å²) in [6, 6.07) is 3.31. The molecular formula is C17H25F3N4O2. The van der Waals surface area contributed by atoms with Crippen molar-refractivity contribution in [3.63, 3.8) is 0 Å². The third-order valence-corrected chi connectivity index (χ3v) is 3.98. The summed E-state index contributed by atoms with van der Waals surface area (Å²) in [4.78, 5) is 8.35. The van der Waals surface area contributed by atoms with Crippen molar-refractivity contribution in [3.05, 3.63) is 23.9 Å². The highest BCUT2D eigenvalue weighted by Crippen LogP contribution is 2.19. The lowest BCUT2D eigenvalue weighted by Crippen LogP contribution is -2.45. The fourth-order valence-electron chi connectivity index (χ4n) is 2.65. The molecule has 6 nitrogen and oxygen atoms in total. The molecule has 1 aliphatic rings. The van der Waals surface area contributed by atoms with E-state index in [-0.39, 0.29) is 18.0 Å². The number of aliphatic hydroxyl groups is 1. The van der Waals surface area contributed by atoms with Gasteiger partial charge in [-0.15, -0.1) is 0 Å². The first kappa shape index (κ1) is 20.3. The number of alkyl halides is 3. The fraction of sp³-hybridized carbons (Fsp3) is 0.647. The van der Waals surface area contributed by atoms with Gasteiger partial charge in [0.1, 0.15) is 0 Å². The Morgan fingerprint density at radius 1 is 1.31 bits per heavy atom. The van der Waals surface area contributed by atoms with Crippen molar-refractivity contribution >= 4 is 5.96 Å². The number of hydrogen-bond acceptors (Lipinski definition) is 4. The van der Waals surface area contributed by atoms with Crippen LogP contribution in [0.3, 0.4) is 0 Å². The highest BCUT2D eigenvalue weighted by atomic mass is 19.4. The van der Waals surface area contributed by atoms with E-state index in [0.29, 0.717) is 19.0 Å². The molecule has 1 aromatic heterocycles. The van der Waals surface area contributed by atoms with Crippen LogP contribution in [0, 0.1) is 0 Å². The first-order chi connectivity index (χ1) is 12.4. The summed E-state index contributed by atoms with van der Waals surface area (Å²) in [5.74, 6) is 0.604. The molecule has 1 aromatic rings. The van der Waals surface area contributed by atoms with Crippen molar-refractivity contribution in [2.75, 3.05) is 13.2 Å². The van der Waals surface area contributed by atoms with Crippen molar-refractivity contribution in [2.45, 2.75) is 57.5 Å². The van der Waals surface area contributed by atoms with E-state index in [1.807, 2.05) is 6.92 Å². The molecular weight excluding hydrogens is 349 g/mol. The van der Waals surface area contributed by atoms with Crippen molar-refractivity contribution in [2.24, 2.45) is 4.99 Å². The second-order valence-corrected chi connectivity index (χ2v) is 6.25. The predicted molar refractivity (Wildman–Crippen MR) is 92.0 cm³/mol. The summed E-state index contributed by atoms with van der Waals surface area (Å²) in [6.07, 6.45) is 0.191. The Morgan fingerprint density at radius 2 is 2.04 bits per heavy atom. The molecule has 2 rings (SSSR count). The Labute approximate surface area is 150 Å². The third kappa shape index (κ3) is 7.47. The van der Waals surface area contributed by atoms with Gasteiger partial charge >= 0.3 is 6.18 Å². The molecule has 0 unspecified atom stereocenters. The topological polar surface area (TPSA) is 78.8 Å². The molecule has 0 bridgehead atoms. The Balaban J connectivity index is 1.87. The molecule has 1 heterocycles. The molecule has 1 aliphatic carbocycles. The van der Waals surface area contributed by atoms with E-state index in [1.54, 1.807) is 6.07 Å². The Morgan fingerprint density at radius 3 is 2.62 bits per heavy atom. The lowest BCUT2D eigenvalue weighted by Gasteiger charge is -2.27. The number of pyridine rings is 1. The minimum atomic E-state index is -4.38. The van der Waals surface area contributed by atoms with Crippen molar-refractivity contribution in [1.29, 1.82) is 0 Å². The third-order valence-electron chi connectivity index (χ3n) is 3.98. The zero-order valence-corrected chi connectivity index (χ0v) is 14.7. The molecule has 0 aromatic carbocycles. The second-order valence-electron chi connectivity index (χ2n) is 6.25. The largest absolute Gasteiger partial charge is 0.468 e. The first-order valence-electron chi connectivity index (χ1n) is 8.73. The average Bonchev–Trinajstić information content (AvgIpc) is 2.60. The second kappa shape index (κ2) is 9.61. The Kier molecular flexibility index (Phi) is 7.50. The molecule has 26 heavy (non-hydrogen) atoms. The van der Waals surface area contributed by atoms with Gasteiger partial charge in [0, 0.05) is 24.8 Å². The fourth-order valence-corrected chi connectivity index (χ4v) is 2.65. The van der Waals surface area contributed by atoms with Gasteiger partial charge in [0.25, 0.3) is 0 Å². The van der Waals surface area contributed by atoms with Crippen LogP contribution in [-0.4, -0.2) is 47.5 Å². The van der Waals surface area contributed by atoms with Crippen LogP contribution in [0.5, 0.6) is 5.88 Å². The number of rotatable bonds is 6. The summed E-state index contributed by atoms with van der Waals surface area (Å²) >= 11 is 0. The van der Waals surface area contributed by atoms with Gasteiger partial charge in [-0.2, -0.15) is 13.2 Å². The van der Waals surface area contributed by atoms with E-state index in [1.165, 1.54) is 12.3 Å². The van der Waals surface area contributed by atoms with Crippen LogP contribution in [0.4, 0.5) is 13.2 Å². The van der Waals surface area contributed by atoms with Gasteiger partial charge in [0.2, 0.25) is 5.88 Å². The number of aromatic nitrogens is 1. The van der Waals surface area contributed by atoms with E-state index < -0.39 is 12.8 Å². The Bertz CT molecular complexity index is 570. The number of ether oxygens (including phenoxy) is 1. The number of nitrogens with one attached hydrogen (secondary N) is 2. The minimum absolute atomic E-state index is 0.0687. The monoisotopic (exact) mass is 374 g/mol. The van der Waals surface area contributed by atoms with E-state index in [0.717, 1.165) is 31.2 Å². The number of nitrogens with zero attached hydrogens (tertiary/aromatic N) is 2. The van der Waals surface area contributed by atoms with Gasteiger partial charge < -0.3 is 20.5 Å². The summed E-state index contributed by atoms with van der Waals surface area (Å²) in [6.45, 7) is 1.67. The van der Waals surface area contributed by atoms with Crippen molar-refractivity contribution in [1.82, 2.24) is 15.6 Å². The summed E-state index contributed by atoms with van der Waals surface area (Å²) in [7, 11) is 0. The molecule has 0 aliphatic heterocycles. The molecule has 0 atom stereocenters. The van der Waals surface area contributed by atoms with E-state index in [2.05, 4.69) is 25.3 Å². The summed E-state index contributed by atoms with van der Waals surface area (Å²) in [5, 5.41) is 16.1. The molecule has 3 N–H and O–H groups in total. The van der Waals surface area contributed by atoms with Gasteiger partial charge in [0.15, 0.2) is 12.6 Å². The number of guanidine groups is 1. The molecule has 1 fully saturated rings. The first-order valence-corrected chi connectivity index (χ1v) is 8.73. The van der Waals surface area contributed by atoms with Crippen LogP contribution in [0.15, 0.2) is 23.3 Å². The zero-order valence-electron chi connectivity index (χ0n) is 14.7. The maximum Gasteiger partial charge on any atom is 0.422 e. The quantitative estimate of drug-likeness (QED) is 0.526. The normalized spacial score (nSPS) is 21.3. The van der Waals surface area contributed by atoms with Crippen LogP contribution < -0.4 is 15.4 Å². The number of hydrogen-bond donors (Lipinski definition) is 3. The molecule has 146 valence electrons. The van der Waals surface area contributed by atoms with Crippen LogP contribution in [-0.2, 0) is 6.54 Å². The SMILES string of the molecule is CCNC(=NCc1ccc(OCC(F)(F)F)nc1)NC1CCC(O)CC1. The molecule has 0 saturated heterocycles. The number of halogens is 3. The lowest BCUT2D eigenvalue weighted by atomic mass is 9.93. The lowest BCUT2D eigenvalue weighted by molar-refractivity contribution is -0.154. The van der Waals surface area contributed by atoms with Crippen LogP contribution in [0.1, 0.15) is 38.2 Å². The van der Waals surface area contributed by atoms with Crippen LogP contribution >= 0.6 is 0 Å². The standard InChI is InChI=1S/C17H25F3N4O2/c1-2-21-16(24-13-4-6-14(25)7-5-13)23-10-12-3-8-15(22-9-12)26-11-17(18,19)20/h3,8-9,13-14,25H,2,4-7,10-11H2,1H3,(H2,21,23,24). The molecule has 9 heteroatoms. The minimum Gasteiger partial charge on any atom is -0.468 e. The zero-order chi connectivity index (χ0) is 19.0. The van der Waals surface area contributed by atoms with E-state index in [4.69, 9.17) is 0 Å². The summed E-state index contributed by atoms with van der Waals surface area (Å²) < 4.78 is 40.9. The summed E-state index contributed by atoms with van der Waals surface area (Å²) in [5.41, 5.74) is 0.764. The molecule has 1 saturated carbocycles. The van der Waals surface area contributed by atoms with Gasteiger partial charge in [-0.05, 0) is 38.2 Å². The van der Waals surface area contributed by atoms with Crippen LogP contribution in [0.2, 0.25) is 0 Å². The number of aliphatic imine (C=N–C) groups is 1. The van der Waals surface area contributed by atoms with Gasteiger partial charge in [-0.25, -0.2) is 9.98 Å². The van der Waals surface area contributed by atoms with Crippen molar-refractivity contribution in [3.8, 4) is 5.88 Å². The smallest absolute Gasteiger partial charge is 0.422 e. The highest BCUT2D eigenvalue weighted by Gasteiger charge is 2.28. The van der Waals surface area contributed by atoms with E-state index >= 15 is 0 Å². The Hall–Kier alpha value is -2.03. The maximum absolute atomic E-state index is 12.1. The van der Waals surface area contributed by atoms with E-state index in [9.17, 15) is 18.3 Å². The maximum atomic E-state index is 12.1. The molecule has 0 spiro atoms. The highest BCUT2D eigenvalue weighted by molar-refractivity contribution is 5.80. The van der Waals surface area contributed by atoms with Gasteiger partial charge in [-0.1, -0.05) is 6.07 Å². The average molecular weight is 374 g/mol. The predicted octanol–water partition coefficient (Wildman–Crippen LogP) is 2.38. The number of aliphatic hydroxyl groups excluding tert-OH is 1. The van der Waals surface area contributed by atoms with Crippen molar-refractivity contribution < 1.29 is 23.0 Å². The van der Waals surface area contributed by atoms with Crippen LogP contribution in [0.25, 0.3) is 0 Å². The molecule has 0 amide bonds. The van der Waals surface area contributed by atoms with Gasteiger partial charge in [0.05, 0.1) is 12.6 Å².